The fraction of sp³-hybridized carbons (Fsp3) is 0.400. The van der Waals surface area contributed by atoms with E-state index >= 15 is 0 Å². The average Bonchev–Trinajstić information content (AvgIpc) is 2.04. The number of hydrogen-bond donors (Lipinski definition) is 0. The van der Waals surface area contributed by atoms with Crippen LogP contribution in [0.5, 0.6) is 0 Å². The lowest BCUT2D eigenvalue weighted by Gasteiger charge is -2.33. The van der Waals surface area contributed by atoms with E-state index in [2.05, 4.69) is 53.8 Å². The number of rotatable bonds is 1. The van der Waals surface area contributed by atoms with Gasteiger partial charge in [0.25, 0.3) is 0 Å². The highest BCUT2D eigenvalue weighted by molar-refractivity contribution is 7.85. The van der Waals surface area contributed by atoms with Gasteiger partial charge in [-0.25, -0.2) is 0 Å². The fourth-order valence-electron chi connectivity index (χ4n) is 1.11. The first-order valence-electron chi connectivity index (χ1n) is 4.39. The fourth-order valence-corrected chi connectivity index (χ4v) is 3.61. The van der Waals surface area contributed by atoms with Crippen LogP contribution in [0.3, 0.4) is 0 Å². The molecule has 0 aliphatic heterocycles. The van der Waals surface area contributed by atoms with Crippen molar-refractivity contribution in [2.45, 2.75) is 25.8 Å². The first kappa shape index (κ1) is 11.2. The van der Waals surface area contributed by atoms with Crippen molar-refractivity contribution in [2.75, 3.05) is 0 Å². The molecule has 0 N–H and O–H groups in total. The van der Waals surface area contributed by atoms with Gasteiger partial charge in [0.15, 0.2) is 0 Å². The second kappa shape index (κ2) is 3.72. The molecular weight excluding hydrogens is 215 g/mol. The first-order chi connectivity index (χ1) is 5.86. The molecule has 0 saturated carbocycles. The van der Waals surface area contributed by atoms with E-state index in [9.17, 15) is 0 Å². The minimum atomic E-state index is -1.89. The summed E-state index contributed by atoms with van der Waals surface area (Å²) in [5.74, 6) is 0. The molecule has 2 unspecified atom stereocenters. The van der Waals surface area contributed by atoms with Gasteiger partial charge in [-0.2, -0.15) is 11.1 Å². The molecule has 1 aromatic carbocycles. The third kappa shape index (κ3) is 2.34. The molecule has 0 aliphatic rings. The summed E-state index contributed by atoms with van der Waals surface area (Å²) >= 11 is 6.64. The third-order valence-electron chi connectivity index (χ3n) is 2.29. The summed E-state index contributed by atoms with van der Waals surface area (Å²) in [5, 5.41) is 1.45. The van der Waals surface area contributed by atoms with Crippen LogP contribution in [-0.4, -0.2) is 7.05 Å². The number of halogens is 1. The van der Waals surface area contributed by atoms with Gasteiger partial charge in [0.05, 0.1) is 0 Å². The topological polar surface area (TPSA) is 0 Å². The minimum absolute atomic E-state index is 0.167. The summed E-state index contributed by atoms with van der Waals surface area (Å²) in [4.78, 5) is 0. The van der Waals surface area contributed by atoms with Gasteiger partial charge in [-0.15, -0.1) is 8.79 Å². The highest BCUT2D eigenvalue weighted by Gasteiger charge is 2.40. The Bertz CT molecular complexity index is 277. The normalized spacial score (nSPS) is 16.7. The van der Waals surface area contributed by atoms with Gasteiger partial charge in [0.2, 0.25) is 7.05 Å². The highest BCUT2D eigenvalue weighted by Crippen LogP contribution is 2.42. The van der Waals surface area contributed by atoms with E-state index in [0.717, 1.165) is 0 Å². The van der Waals surface area contributed by atoms with Gasteiger partial charge in [-0.05, 0) is 10.2 Å². The molecular formula is C10H16ClPSi. The summed E-state index contributed by atoms with van der Waals surface area (Å²) in [7, 11) is 0.988. The maximum absolute atomic E-state index is 6.64. The quantitative estimate of drug-likeness (QED) is 0.395. The van der Waals surface area contributed by atoms with Gasteiger partial charge >= 0.3 is 0 Å². The Balaban J connectivity index is 3.08. The maximum Gasteiger partial charge on any atom is 0.211 e. The lowest BCUT2D eigenvalue weighted by Crippen LogP contribution is -2.44. The summed E-state index contributed by atoms with van der Waals surface area (Å²) in [6.45, 7) is 6.60. The Morgan fingerprint density at radius 1 is 1.15 bits per heavy atom. The molecule has 1 aromatic rings. The van der Waals surface area contributed by atoms with Crippen molar-refractivity contribution in [3.63, 3.8) is 0 Å². The van der Waals surface area contributed by atoms with Gasteiger partial charge in [0, 0.05) is 0 Å². The van der Waals surface area contributed by atoms with E-state index in [4.69, 9.17) is 11.1 Å². The summed E-state index contributed by atoms with van der Waals surface area (Å²) in [5.41, 5.74) is 0. The van der Waals surface area contributed by atoms with Crippen LogP contribution in [0.15, 0.2) is 30.3 Å². The van der Waals surface area contributed by atoms with Crippen LogP contribution < -0.4 is 5.19 Å². The lowest BCUT2D eigenvalue weighted by atomic mass is 10.2. The van der Waals surface area contributed by atoms with Gasteiger partial charge in [0.1, 0.15) is 0 Å². The van der Waals surface area contributed by atoms with Crippen molar-refractivity contribution in [2.24, 2.45) is 0 Å². The zero-order valence-corrected chi connectivity index (χ0v) is 11.3. The van der Waals surface area contributed by atoms with E-state index < -0.39 is 7.05 Å². The summed E-state index contributed by atoms with van der Waals surface area (Å²) in [6.07, 6.45) is 0. The molecule has 0 fully saturated rings. The van der Waals surface area contributed by atoms with Gasteiger partial charge in [-0.1, -0.05) is 51.1 Å². The number of benzene rings is 1. The highest BCUT2D eigenvalue weighted by atomic mass is 35.6. The van der Waals surface area contributed by atoms with E-state index in [1.54, 1.807) is 0 Å². The monoisotopic (exact) mass is 230 g/mol. The Hall–Kier alpha value is 0.157. The SMILES string of the molecule is CC(C)(C)[Si](P)(Cl)c1ccccc1. The Labute approximate surface area is 88.5 Å². The molecule has 0 radical (unpaired) electrons. The molecule has 0 spiro atoms. The van der Waals surface area contributed by atoms with E-state index in [1.807, 2.05) is 6.07 Å². The zero-order valence-electron chi connectivity index (χ0n) is 8.34. The Kier molecular flexibility index (Phi) is 3.22. The van der Waals surface area contributed by atoms with Crippen LogP contribution in [0.2, 0.25) is 5.04 Å². The van der Waals surface area contributed by atoms with Gasteiger partial charge in [-0.3, -0.25) is 0 Å². The minimum Gasteiger partial charge on any atom is -0.155 e. The predicted molar refractivity (Wildman–Crippen MR) is 67.1 cm³/mol. The van der Waals surface area contributed by atoms with Crippen molar-refractivity contribution in [1.82, 2.24) is 0 Å². The predicted octanol–water partition coefficient (Wildman–Crippen LogP) is 3.25. The third-order valence-corrected chi connectivity index (χ3v) is 11.6. The largest absolute Gasteiger partial charge is 0.211 e. The van der Waals surface area contributed by atoms with Crippen molar-refractivity contribution < 1.29 is 0 Å². The smallest absolute Gasteiger partial charge is 0.155 e. The Morgan fingerprint density at radius 3 is 2.00 bits per heavy atom. The molecule has 3 heteroatoms. The molecule has 0 amide bonds. The molecule has 0 bridgehead atoms. The van der Waals surface area contributed by atoms with Crippen LogP contribution in [0.4, 0.5) is 0 Å². The van der Waals surface area contributed by atoms with Gasteiger partial charge < -0.3 is 0 Å². The average molecular weight is 231 g/mol. The van der Waals surface area contributed by atoms with Crippen LogP contribution in [0.25, 0.3) is 0 Å². The van der Waals surface area contributed by atoms with Crippen molar-refractivity contribution in [1.29, 1.82) is 0 Å². The molecule has 0 aliphatic carbocycles. The molecule has 2 atom stereocenters. The lowest BCUT2D eigenvalue weighted by molar-refractivity contribution is 0.750. The number of hydrogen-bond acceptors (Lipinski definition) is 0. The van der Waals surface area contributed by atoms with Crippen molar-refractivity contribution in [3.8, 4) is 0 Å². The van der Waals surface area contributed by atoms with E-state index in [1.165, 1.54) is 5.19 Å². The van der Waals surface area contributed by atoms with Crippen LogP contribution in [0.1, 0.15) is 20.8 Å². The summed E-state index contributed by atoms with van der Waals surface area (Å²) in [6, 6.07) is 10.4. The molecule has 13 heavy (non-hydrogen) atoms. The van der Waals surface area contributed by atoms with Crippen molar-refractivity contribution in [3.05, 3.63) is 30.3 Å². The molecule has 1 rings (SSSR count). The van der Waals surface area contributed by atoms with E-state index in [-0.39, 0.29) is 5.04 Å². The first-order valence-corrected chi connectivity index (χ1v) is 9.21. The zero-order chi connectivity index (χ0) is 10.1. The molecule has 0 saturated heterocycles. The Morgan fingerprint density at radius 2 is 1.62 bits per heavy atom. The molecule has 0 nitrogen and oxygen atoms in total. The van der Waals surface area contributed by atoms with Crippen LogP contribution in [-0.2, 0) is 0 Å². The maximum atomic E-state index is 6.64. The molecule has 72 valence electrons. The second-order valence-electron chi connectivity index (χ2n) is 4.33. The molecule has 0 heterocycles. The van der Waals surface area contributed by atoms with Crippen LogP contribution in [0, 0.1) is 0 Å². The second-order valence-corrected chi connectivity index (χ2v) is 13.3. The standard InChI is InChI=1S/C10H16ClPSi/c1-10(2,3)13(11,12)9-7-5-4-6-8-9/h4-8H,12H2,1-3H3. The van der Waals surface area contributed by atoms with Crippen LogP contribution >= 0.6 is 19.9 Å². The van der Waals surface area contributed by atoms with Crippen molar-refractivity contribution >= 4 is 32.1 Å². The summed E-state index contributed by atoms with van der Waals surface area (Å²) < 4.78 is 0. The van der Waals surface area contributed by atoms with E-state index in [0.29, 0.717) is 0 Å². The molecule has 0 aromatic heterocycles.